The van der Waals surface area contributed by atoms with E-state index in [0.717, 1.165) is 31.7 Å². The molecule has 0 radical (unpaired) electrons. The zero-order valence-corrected chi connectivity index (χ0v) is 14.1. The Morgan fingerprint density at radius 3 is 2.25 bits per heavy atom. The zero-order chi connectivity index (χ0) is 15.2. The van der Waals surface area contributed by atoms with Crippen molar-refractivity contribution in [2.45, 2.75) is 51.7 Å². The first-order valence-electron chi connectivity index (χ1n) is 7.47. The van der Waals surface area contributed by atoms with Crippen molar-refractivity contribution in [3.05, 3.63) is 0 Å². The molecular formula is C15H28N2O2S. The molecule has 116 valence electrons. The summed E-state index contributed by atoms with van der Waals surface area (Å²) in [4.78, 5) is 27.3. The van der Waals surface area contributed by atoms with Crippen LogP contribution in [0.4, 0.5) is 0 Å². The van der Waals surface area contributed by atoms with E-state index in [-0.39, 0.29) is 16.6 Å². The van der Waals surface area contributed by atoms with Crippen LogP contribution < -0.4 is 0 Å². The molecule has 1 aliphatic rings. The summed E-state index contributed by atoms with van der Waals surface area (Å²) in [6.07, 6.45) is 2.46. The number of carbonyl (C=O) groups is 2. The van der Waals surface area contributed by atoms with Crippen LogP contribution in [0.5, 0.6) is 0 Å². The third-order valence-corrected chi connectivity index (χ3v) is 4.72. The van der Waals surface area contributed by atoms with Gasteiger partial charge in [0.2, 0.25) is 11.8 Å². The van der Waals surface area contributed by atoms with Gasteiger partial charge in [-0.2, -0.15) is 11.8 Å². The smallest absolute Gasteiger partial charge is 0.222 e. The molecule has 4 nitrogen and oxygen atoms in total. The minimum atomic E-state index is 0.112. The van der Waals surface area contributed by atoms with Gasteiger partial charge in [0.15, 0.2) is 0 Å². The molecule has 0 aromatic carbocycles. The number of rotatable bonds is 4. The highest BCUT2D eigenvalue weighted by molar-refractivity contribution is 8.00. The van der Waals surface area contributed by atoms with E-state index in [0.29, 0.717) is 19.5 Å². The number of amides is 2. The molecule has 1 rings (SSSR count). The molecule has 0 N–H and O–H groups in total. The van der Waals surface area contributed by atoms with Crippen LogP contribution in [0.25, 0.3) is 0 Å². The summed E-state index contributed by atoms with van der Waals surface area (Å²) in [5, 5.41) is 0. The van der Waals surface area contributed by atoms with E-state index >= 15 is 0 Å². The van der Waals surface area contributed by atoms with Gasteiger partial charge in [-0.25, -0.2) is 0 Å². The van der Waals surface area contributed by atoms with Crippen molar-refractivity contribution in [3.63, 3.8) is 0 Å². The van der Waals surface area contributed by atoms with E-state index in [1.165, 1.54) is 0 Å². The van der Waals surface area contributed by atoms with Gasteiger partial charge in [0.1, 0.15) is 0 Å². The molecule has 1 saturated heterocycles. The van der Waals surface area contributed by atoms with Gasteiger partial charge in [0.05, 0.1) is 0 Å². The number of carbonyl (C=O) groups excluding carboxylic acids is 2. The predicted octanol–water partition coefficient (Wildman–Crippen LogP) is 2.38. The molecule has 0 saturated carbocycles. The number of thioether (sulfide) groups is 1. The average molecular weight is 300 g/mol. The van der Waals surface area contributed by atoms with Crippen LogP contribution in [0.15, 0.2) is 0 Å². The van der Waals surface area contributed by atoms with Gasteiger partial charge < -0.3 is 9.80 Å². The molecule has 1 fully saturated rings. The average Bonchev–Trinajstić information content (AvgIpc) is 2.58. The van der Waals surface area contributed by atoms with Gasteiger partial charge in [0.25, 0.3) is 0 Å². The van der Waals surface area contributed by atoms with Gasteiger partial charge in [0, 0.05) is 44.3 Å². The van der Waals surface area contributed by atoms with Crippen molar-refractivity contribution < 1.29 is 9.59 Å². The van der Waals surface area contributed by atoms with Crippen molar-refractivity contribution in [2.24, 2.45) is 0 Å². The first-order valence-corrected chi connectivity index (χ1v) is 8.45. The lowest BCUT2D eigenvalue weighted by atomic mass is 10.2. The van der Waals surface area contributed by atoms with Gasteiger partial charge in [-0.3, -0.25) is 9.59 Å². The van der Waals surface area contributed by atoms with Crippen molar-refractivity contribution in [1.29, 1.82) is 0 Å². The minimum Gasteiger partial charge on any atom is -0.341 e. The van der Waals surface area contributed by atoms with E-state index in [2.05, 4.69) is 20.8 Å². The van der Waals surface area contributed by atoms with Crippen molar-refractivity contribution in [1.82, 2.24) is 9.80 Å². The third-order valence-electron chi connectivity index (χ3n) is 3.36. The molecule has 0 aromatic rings. The van der Waals surface area contributed by atoms with E-state index < -0.39 is 0 Å². The molecule has 0 unspecified atom stereocenters. The second-order valence-corrected chi connectivity index (χ2v) is 8.23. The summed E-state index contributed by atoms with van der Waals surface area (Å²) in [6, 6.07) is 0. The summed E-state index contributed by atoms with van der Waals surface area (Å²) in [7, 11) is 0. The molecule has 0 bridgehead atoms. The second-order valence-electron chi connectivity index (χ2n) is 6.30. The Labute approximate surface area is 127 Å². The summed E-state index contributed by atoms with van der Waals surface area (Å²) >= 11 is 1.91. The summed E-state index contributed by atoms with van der Waals surface area (Å²) in [6.45, 7) is 11.1. The minimum absolute atomic E-state index is 0.112. The highest BCUT2D eigenvalue weighted by atomic mass is 32.2. The van der Waals surface area contributed by atoms with Gasteiger partial charge >= 0.3 is 0 Å². The molecule has 20 heavy (non-hydrogen) atoms. The van der Waals surface area contributed by atoms with Crippen molar-refractivity contribution >= 4 is 23.6 Å². The van der Waals surface area contributed by atoms with Crippen LogP contribution in [0.3, 0.4) is 0 Å². The largest absolute Gasteiger partial charge is 0.341 e. The molecule has 0 spiro atoms. The number of nitrogens with zero attached hydrogens (tertiary/aromatic N) is 2. The highest BCUT2D eigenvalue weighted by Crippen LogP contribution is 2.24. The molecule has 0 atom stereocenters. The highest BCUT2D eigenvalue weighted by Gasteiger charge is 2.20. The molecule has 0 aromatic heterocycles. The Kier molecular flexibility index (Phi) is 6.86. The molecule has 0 aliphatic carbocycles. The first-order chi connectivity index (χ1) is 9.29. The Bertz CT molecular complexity index is 339. The van der Waals surface area contributed by atoms with Crippen molar-refractivity contribution in [3.8, 4) is 0 Å². The SMILES string of the molecule is CC(=O)N1CCCN(C(=O)CCCSC(C)(C)C)CC1. The number of hydrogen-bond acceptors (Lipinski definition) is 3. The Morgan fingerprint density at radius 1 is 1.05 bits per heavy atom. The Morgan fingerprint density at radius 2 is 1.65 bits per heavy atom. The van der Waals surface area contributed by atoms with Crippen LogP contribution in [0, 0.1) is 0 Å². The Balaban J connectivity index is 2.28. The fourth-order valence-electron chi connectivity index (χ4n) is 2.24. The molecule has 1 heterocycles. The standard InChI is InChI=1S/C15H28N2O2S/c1-13(18)16-8-6-9-17(11-10-16)14(19)7-5-12-20-15(2,3)4/h5-12H2,1-4H3. The van der Waals surface area contributed by atoms with E-state index in [1.54, 1.807) is 6.92 Å². The van der Waals surface area contributed by atoms with Crippen LogP contribution in [-0.2, 0) is 9.59 Å². The fourth-order valence-corrected chi connectivity index (χ4v) is 3.14. The van der Waals surface area contributed by atoms with Crippen LogP contribution in [0.1, 0.15) is 47.0 Å². The van der Waals surface area contributed by atoms with E-state index in [4.69, 9.17) is 0 Å². The maximum Gasteiger partial charge on any atom is 0.222 e. The lowest BCUT2D eigenvalue weighted by molar-refractivity contribution is -0.132. The quantitative estimate of drug-likeness (QED) is 0.749. The van der Waals surface area contributed by atoms with E-state index in [9.17, 15) is 9.59 Å². The third kappa shape index (κ3) is 6.64. The molecule has 2 amide bonds. The lowest BCUT2D eigenvalue weighted by Gasteiger charge is -2.22. The maximum atomic E-state index is 12.2. The second kappa shape index (κ2) is 7.91. The maximum absolute atomic E-state index is 12.2. The summed E-state index contributed by atoms with van der Waals surface area (Å²) in [5.74, 6) is 1.38. The zero-order valence-electron chi connectivity index (χ0n) is 13.3. The fraction of sp³-hybridized carbons (Fsp3) is 0.867. The van der Waals surface area contributed by atoms with Gasteiger partial charge in [-0.1, -0.05) is 20.8 Å². The number of hydrogen-bond donors (Lipinski definition) is 0. The predicted molar refractivity (Wildman–Crippen MR) is 84.9 cm³/mol. The van der Waals surface area contributed by atoms with Gasteiger partial charge in [-0.15, -0.1) is 0 Å². The molecule has 1 aliphatic heterocycles. The first kappa shape index (κ1) is 17.3. The monoisotopic (exact) mass is 300 g/mol. The van der Waals surface area contributed by atoms with Crippen LogP contribution >= 0.6 is 11.8 Å². The van der Waals surface area contributed by atoms with Crippen molar-refractivity contribution in [2.75, 3.05) is 31.9 Å². The Hall–Kier alpha value is -0.710. The van der Waals surface area contributed by atoms with Crippen LogP contribution in [-0.4, -0.2) is 58.3 Å². The summed E-state index contributed by atoms with van der Waals surface area (Å²) in [5.41, 5.74) is 0. The summed E-state index contributed by atoms with van der Waals surface area (Å²) < 4.78 is 0.271. The molecule has 5 heteroatoms. The van der Waals surface area contributed by atoms with Crippen LogP contribution in [0.2, 0.25) is 0 Å². The normalized spacial score (nSPS) is 17.0. The lowest BCUT2D eigenvalue weighted by Crippen LogP contribution is -2.36. The van der Waals surface area contributed by atoms with E-state index in [1.807, 2.05) is 21.6 Å². The molecular weight excluding hydrogens is 272 g/mol. The van der Waals surface area contributed by atoms with Gasteiger partial charge in [-0.05, 0) is 18.6 Å². The topological polar surface area (TPSA) is 40.6 Å².